The molecule has 0 saturated carbocycles. The Morgan fingerprint density at radius 3 is 2.37 bits per heavy atom. The summed E-state index contributed by atoms with van der Waals surface area (Å²) >= 11 is 0. The van der Waals surface area contributed by atoms with Gasteiger partial charge in [-0.05, 0) is 37.6 Å². The number of rotatable bonds is 3. The van der Waals surface area contributed by atoms with Crippen molar-refractivity contribution >= 4 is 0 Å². The van der Waals surface area contributed by atoms with Gasteiger partial charge in [-0.2, -0.15) is 0 Å². The maximum Gasteiger partial charge on any atom is 0.166 e. The van der Waals surface area contributed by atoms with E-state index in [1.807, 2.05) is 32.2 Å². The first-order valence-electron chi connectivity index (χ1n) is 6.23. The third kappa shape index (κ3) is 2.66. The summed E-state index contributed by atoms with van der Waals surface area (Å²) in [5, 5.41) is 3.04. The zero-order valence-electron chi connectivity index (χ0n) is 11.3. The second-order valence-electron chi connectivity index (χ2n) is 4.75. The smallest absolute Gasteiger partial charge is 0.166 e. The Labute approximate surface area is 112 Å². The molecule has 0 amide bonds. The predicted molar refractivity (Wildman–Crippen MR) is 74.0 cm³/mol. The van der Waals surface area contributed by atoms with Crippen molar-refractivity contribution in [1.29, 1.82) is 0 Å². The predicted octanol–water partition coefficient (Wildman–Crippen LogP) is 3.97. The molecule has 2 aromatic rings. The van der Waals surface area contributed by atoms with Crippen LogP contribution in [0.2, 0.25) is 0 Å². The molecule has 0 fully saturated rings. The number of nitrogens with one attached hydrogen (secondary N) is 1. The lowest BCUT2D eigenvalue weighted by Crippen LogP contribution is -2.07. The van der Waals surface area contributed by atoms with Gasteiger partial charge in [-0.25, -0.2) is 8.78 Å². The van der Waals surface area contributed by atoms with Crippen LogP contribution in [-0.2, 0) is 6.54 Å². The van der Waals surface area contributed by atoms with Crippen LogP contribution in [0.15, 0.2) is 30.3 Å². The summed E-state index contributed by atoms with van der Waals surface area (Å²) in [6.45, 7) is 4.12. The van der Waals surface area contributed by atoms with Crippen molar-refractivity contribution < 1.29 is 8.78 Å². The van der Waals surface area contributed by atoms with Gasteiger partial charge in [0.05, 0.1) is 0 Å². The molecule has 0 heterocycles. The van der Waals surface area contributed by atoms with Crippen LogP contribution in [0.3, 0.4) is 0 Å². The minimum Gasteiger partial charge on any atom is -0.316 e. The number of aryl methyl sites for hydroxylation is 2. The number of halogens is 2. The summed E-state index contributed by atoms with van der Waals surface area (Å²) in [6.07, 6.45) is 0. The van der Waals surface area contributed by atoms with E-state index in [2.05, 4.69) is 5.32 Å². The van der Waals surface area contributed by atoms with Crippen LogP contribution in [0, 0.1) is 25.5 Å². The second kappa shape index (κ2) is 5.49. The molecule has 100 valence electrons. The van der Waals surface area contributed by atoms with E-state index < -0.39 is 11.6 Å². The molecule has 0 spiro atoms. The molecule has 0 atom stereocenters. The SMILES string of the molecule is CNCc1ccc(C)cc1-c1ccc(C)c(F)c1F. The Hall–Kier alpha value is -1.74. The molecule has 0 aromatic heterocycles. The van der Waals surface area contributed by atoms with E-state index in [9.17, 15) is 8.78 Å². The first kappa shape index (κ1) is 13.7. The van der Waals surface area contributed by atoms with E-state index >= 15 is 0 Å². The van der Waals surface area contributed by atoms with Gasteiger partial charge in [0.1, 0.15) is 0 Å². The fraction of sp³-hybridized carbons (Fsp3) is 0.250. The van der Waals surface area contributed by atoms with E-state index in [0.717, 1.165) is 16.7 Å². The van der Waals surface area contributed by atoms with Gasteiger partial charge >= 0.3 is 0 Å². The normalized spacial score (nSPS) is 10.8. The highest BCUT2D eigenvalue weighted by atomic mass is 19.2. The average molecular weight is 261 g/mol. The lowest BCUT2D eigenvalue weighted by atomic mass is 9.96. The Balaban J connectivity index is 2.64. The zero-order chi connectivity index (χ0) is 14.0. The molecule has 0 saturated heterocycles. The Bertz CT molecular complexity index is 606. The molecule has 0 bridgehead atoms. The molecule has 2 rings (SSSR count). The summed E-state index contributed by atoms with van der Waals surface area (Å²) in [5.41, 5.74) is 3.36. The van der Waals surface area contributed by atoms with E-state index in [1.54, 1.807) is 19.1 Å². The first-order chi connectivity index (χ1) is 9.04. The standard InChI is InChI=1S/C16H17F2N/c1-10-4-6-12(9-19-3)14(8-10)13-7-5-11(2)15(17)16(13)18/h4-8,19H,9H2,1-3H3. The van der Waals surface area contributed by atoms with E-state index in [-0.39, 0.29) is 0 Å². The minimum atomic E-state index is -0.775. The molecule has 0 unspecified atom stereocenters. The zero-order valence-corrected chi connectivity index (χ0v) is 11.3. The van der Waals surface area contributed by atoms with Crippen molar-refractivity contribution in [3.05, 3.63) is 58.7 Å². The van der Waals surface area contributed by atoms with Gasteiger partial charge in [-0.3, -0.25) is 0 Å². The molecule has 0 radical (unpaired) electrons. The van der Waals surface area contributed by atoms with Crippen LogP contribution in [0.5, 0.6) is 0 Å². The lowest BCUT2D eigenvalue weighted by molar-refractivity contribution is 0.505. The van der Waals surface area contributed by atoms with Crippen molar-refractivity contribution in [3.63, 3.8) is 0 Å². The Kier molecular flexibility index (Phi) is 3.96. The Morgan fingerprint density at radius 2 is 1.68 bits per heavy atom. The van der Waals surface area contributed by atoms with Crippen LogP contribution in [0.25, 0.3) is 11.1 Å². The molecule has 1 nitrogen and oxygen atoms in total. The minimum absolute atomic E-state index is 0.317. The largest absolute Gasteiger partial charge is 0.316 e. The summed E-state index contributed by atoms with van der Waals surface area (Å²) in [4.78, 5) is 0. The van der Waals surface area contributed by atoms with E-state index in [0.29, 0.717) is 17.7 Å². The van der Waals surface area contributed by atoms with Crippen LogP contribution in [-0.4, -0.2) is 7.05 Å². The third-order valence-corrected chi connectivity index (χ3v) is 3.20. The van der Waals surface area contributed by atoms with Gasteiger partial charge < -0.3 is 5.32 Å². The summed E-state index contributed by atoms with van der Waals surface area (Å²) in [6, 6.07) is 9.05. The molecule has 2 aromatic carbocycles. The molecule has 3 heteroatoms. The van der Waals surface area contributed by atoms with Gasteiger partial charge in [0.15, 0.2) is 11.6 Å². The van der Waals surface area contributed by atoms with Gasteiger partial charge in [0, 0.05) is 12.1 Å². The van der Waals surface area contributed by atoms with E-state index in [4.69, 9.17) is 0 Å². The van der Waals surface area contributed by atoms with Gasteiger partial charge in [-0.1, -0.05) is 35.9 Å². The second-order valence-corrected chi connectivity index (χ2v) is 4.75. The lowest BCUT2D eigenvalue weighted by Gasteiger charge is -2.12. The molecule has 0 aliphatic rings. The molecule has 1 N–H and O–H groups in total. The number of benzene rings is 2. The van der Waals surface area contributed by atoms with Crippen molar-refractivity contribution in [2.24, 2.45) is 0 Å². The highest BCUT2D eigenvalue weighted by Gasteiger charge is 2.15. The van der Waals surface area contributed by atoms with Gasteiger partial charge in [0.25, 0.3) is 0 Å². The van der Waals surface area contributed by atoms with Crippen molar-refractivity contribution in [2.45, 2.75) is 20.4 Å². The molecular formula is C16H17F2N. The maximum atomic E-state index is 14.1. The number of hydrogen-bond acceptors (Lipinski definition) is 1. The third-order valence-electron chi connectivity index (χ3n) is 3.20. The monoisotopic (exact) mass is 261 g/mol. The van der Waals surface area contributed by atoms with E-state index in [1.165, 1.54) is 0 Å². The quantitative estimate of drug-likeness (QED) is 0.881. The average Bonchev–Trinajstić information content (AvgIpc) is 2.39. The molecule has 0 aliphatic carbocycles. The molecular weight excluding hydrogens is 244 g/mol. The topological polar surface area (TPSA) is 12.0 Å². The van der Waals surface area contributed by atoms with Crippen molar-refractivity contribution in [3.8, 4) is 11.1 Å². The van der Waals surface area contributed by atoms with Crippen molar-refractivity contribution in [1.82, 2.24) is 5.32 Å². The molecule has 19 heavy (non-hydrogen) atoms. The summed E-state index contributed by atoms with van der Waals surface area (Å²) < 4.78 is 27.8. The summed E-state index contributed by atoms with van der Waals surface area (Å²) in [5.74, 6) is -1.54. The fourth-order valence-electron chi connectivity index (χ4n) is 2.14. The molecule has 0 aliphatic heterocycles. The van der Waals surface area contributed by atoms with Crippen LogP contribution < -0.4 is 5.32 Å². The van der Waals surface area contributed by atoms with Gasteiger partial charge in [0.2, 0.25) is 0 Å². The maximum absolute atomic E-state index is 14.1. The van der Waals surface area contributed by atoms with Crippen LogP contribution >= 0.6 is 0 Å². The van der Waals surface area contributed by atoms with Crippen LogP contribution in [0.1, 0.15) is 16.7 Å². The van der Waals surface area contributed by atoms with Gasteiger partial charge in [-0.15, -0.1) is 0 Å². The highest BCUT2D eigenvalue weighted by molar-refractivity contribution is 5.69. The van der Waals surface area contributed by atoms with Crippen molar-refractivity contribution in [2.75, 3.05) is 7.05 Å². The van der Waals surface area contributed by atoms with Crippen LogP contribution in [0.4, 0.5) is 8.78 Å². The number of hydrogen-bond donors (Lipinski definition) is 1. The summed E-state index contributed by atoms with van der Waals surface area (Å²) in [7, 11) is 1.83. The Morgan fingerprint density at radius 1 is 0.947 bits per heavy atom. The first-order valence-corrected chi connectivity index (χ1v) is 6.23. The fourth-order valence-corrected chi connectivity index (χ4v) is 2.14. The highest BCUT2D eigenvalue weighted by Crippen LogP contribution is 2.29.